The molecule has 0 saturated heterocycles. The number of carbonyl (C=O) groups excluding carboxylic acids is 1. The molecule has 0 aromatic rings. The number of aliphatic hydroxyl groups excluding tert-OH is 1. The number of esters is 1. The number of rotatable bonds is 5. The van der Waals surface area contributed by atoms with Crippen LogP contribution in [0.5, 0.6) is 0 Å². The van der Waals surface area contributed by atoms with Crippen molar-refractivity contribution in [3.63, 3.8) is 0 Å². The lowest BCUT2D eigenvalue weighted by Crippen LogP contribution is -2.50. The molecule has 130 valence electrons. The van der Waals surface area contributed by atoms with Gasteiger partial charge in [-0.2, -0.15) is 0 Å². The highest BCUT2D eigenvalue weighted by Crippen LogP contribution is 2.55. The molecular weight excluding hydrogens is 296 g/mol. The van der Waals surface area contributed by atoms with E-state index in [9.17, 15) is 9.90 Å². The van der Waals surface area contributed by atoms with Gasteiger partial charge < -0.3 is 14.3 Å². The molecule has 3 atom stereocenters. The van der Waals surface area contributed by atoms with Gasteiger partial charge in [0.1, 0.15) is 0 Å². The molecule has 0 aliphatic heterocycles. The summed E-state index contributed by atoms with van der Waals surface area (Å²) < 4.78 is 11.2. The Balaban J connectivity index is 2.94. The zero-order valence-corrected chi connectivity index (χ0v) is 16.6. The number of carbonyl (C=O) groups is 1. The van der Waals surface area contributed by atoms with Crippen LogP contribution in [0.3, 0.4) is 0 Å². The van der Waals surface area contributed by atoms with Crippen molar-refractivity contribution in [1.29, 1.82) is 0 Å². The summed E-state index contributed by atoms with van der Waals surface area (Å²) in [7, 11) is -0.470. The molecule has 0 spiro atoms. The van der Waals surface area contributed by atoms with Crippen LogP contribution in [0.2, 0.25) is 18.1 Å². The Morgan fingerprint density at radius 3 is 2.32 bits per heavy atom. The van der Waals surface area contributed by atoms with Crippen molar-refractivity contribution in [3.8, 4) is 0 Å². The largest absolute Gasteiger partial charge is 0.469 e. The van der Waals surface area contributed by atoms with Crippen LogP contribution in [0.4, 0.5) is 0 Å². The molecule has 1 fully saturated rings. The van der Waals surface area contributed by atoms with Crippen molar-refractivity contribution in [1.82, 2.24) is 0 Å². The molecule has 1 saturated carbocycles. The Labute approximate surface area is 136 Å². The van der Waals surface area contributed by atoms with Gasteiger partial charge in [-0.3, -0.25) is 4.79 Å². The lowest BCUT2D eigenvalue weighted by molar-refractivity contribution is -0.146. The van der Waals surface area contributed by atoms with Crippen LogP contribution >= 0.6 is 0 Å². The Morgan fingerprint density at radius 2 is 1.86 bits per heavy atom. The smallest absolute Gasteiger partial charge is 0.306 e. The van der Waals surface area contributed by atoms with Crippen molar-refractivity contribution in [2.45, 2.75) is 78.1 Å². The lowest BCUT2D eigenvalue weighted by atomic mass is 9.66. The van der Waals surface area contributed by atoms with Crippen LogP contribution in [0.25, 0.3) is 0 Å². The fourth-order valence-corrected chi connectivity index (χ4v) is 4.05. The molecule has 1 N–H and O–H groups in total. The molecule has 1 aliphatic rings. The fourth-order valence-electron chi connectivity index (χ4n) is 2.96. The molecule has 22 heavy (non-hydrogen) atoms. The van der Waals surface area contributed by atoms with E-state index in [1.54, 1.807) is 0 Å². The summed E-state index contributed by atoms with van der Waals surface area (Å²) in [6, 6.07) is 0. The summed E-state index contributed by atoms with van der Waals surface area (Å²) in [4.78, 5) is 11.8. The van der Waals surface area contributed by atoms with Crippen molar-refractivity contribution in [2.75, 3.05) is 13.7 Å². The van der Waals surface area contributed by atoms with Gasteiger partial charge in [-0.15, -0.1) is 0 Å². The first kappa shape index (κ1) is 19.7. The summed E-state index contributed by atoms with van der Waals surface area (Å²) in [6.45, 7) is 15.7. The van der Waals surface area contributed by atoms with Crippen LogP contribution < -0.4 is 0 Å². The van der Waals surface area contributed by atoms with E-state index in [4.69, 9.17) is 9.16 Å². The van der Waals surface area contributed by atoms with Crippen molar-refractivity contribution in [2.24, 2.45) is 10.8 Å². The quantitative estimate of drug-likeness (QED) is 0.616. The summed E-state index contributed by atoms with van der Waals surface area (Å²) >= 11 is 0. The predicted molar refractivity (Wildman–Crippen MR) is 91.2 cm³/mol. The third-order valence-corrected chi connectivity index (χ3v) is 10.9. The van der Waals surface area contributed by atoms with Crippen molar-refractivity contribution in [3.05, 3.63) is 0 Å². The van der Waals surface area contributed by atoms with Crippen LogP contribution in [0, 0.1) is 10.8 Å². The Kier molecular flexibility index (Phi) is 5.58. The highest BCUT2D eigenvalue weighted by Gasteiger charge is 2.56. The van der Waals surface area contributed by atoms with E-state index in [1.165, 1.54) is 7.11 Å². The maximum Gasteiger partial charge on any atom is 0.306 e. The molecule has 4 nitrogen and oxygen atoms in total. The molecule has 1 aliphatic carbocycles. The lowest BCUT2D eigenvalue weighted by Gasteiger charge is -2.46. The van der Waals surface area contributed by atoms with Gasteiger partial charge in [-0.25, -0.2) is 0 Å². The van der Waals surface area contributed by atoms with E-state index in [0.29, 0.717) is 19.4 Å². The Bertz CT molecular complexity index is 415. The SMILES string of the molecule is COC(=O)C[C@@]1(C)CC[C@H](O)[C@@]1(C)CO[Si](C)(C)C(C)(C)C. The third kappa shape index (κ3) is 3.57. The van der Waals surface area contributed by atoms with Gasteiger partial charge in [0.15, 0.2) is 8.32 Å². The minimum atomic E-state index is -1.89. The maximum atomic E-state index is 11.8. The van der Waals surface area contributed by atoms with Crippen molar-refractivity contribution < 1.29 is 19.1 Å². The van der Waals surface area contributed by atoms with E-state index >= 15 is 0 Å². The van der Waals surface area contributed by atoms with E-state index in [2.05, 4.69) is 47.7 Å². The molecule has 0 aromatic heterocycles. The van der Waals surface area contributed by atoms with E-state index in [-0.39, 0.29) is 16.4 Å². The normalized spacial score (nSPS) is 33.0. The molecule has 0 aromatic carbocycles. The topological polar surface area (TPSA) is 55.8 Å². The average Bonchev–Trinajstić information content (AvgIpc) is 2.60. The van der Waals surface area contributed by atoms with Crippen LogP contribution in [-0.2, 0) is 14.0 Å². The summed E-state index contributed by atoms with van der Waals surface area (Å²) in [6.07, 6.45) is 1.43. The minimum absolute atomic E-state index is 0.131. The third-order valence-electron chi connectivity index (χ3n) is 6.39. The van der Waals surface area contributed by atoms with Gasteiger partial charge in [0.05, 0.1) is 19.6 Å². The summed E-state index contributed by atoms with van der Waals surface area (Å²) in [5.41, 5.74) is -0.710. The van der Waals surface area contributed by atoms with Crippen molar-refractivity contribution >= 4 is 14.3 Å². The summed E-state index contributed by atoms with van der Waals surface area (Å²) in [5.74, 6) is -0.213. The van der Waals surface area contributed by atoms with Gasteiger partial charge in [0.2, 0.25) is 0 Å². The highest BCUT2D eigenvalue weighted by molar-refractivity contribution is 6.74. The van der Waals surface area contributed by atoms with Gasteiger partial charge in [-0.05, 0) is 36.4 Å². The monoisotopic (exact) mass is 330 g/mol. The zero-order valence-electron chi connectivity index (χ0n) is 15.6. The average molecular weight is 331 g/mol. The Morgan fingerprint density at radius 1 is 1.32 bits per heavy atom. The van der Waals surface area contributed by atoms with Gasteiger partial charge in [-0.1, -0.05) is 34.6 Å². The van der Waals surface area contributed by atoms with Crippen LogP contribution in [0.15, 0.2) is 0 Å². The first-order chi connectivity index (χ1) is 9.79. The minimum Gasteiger partial charge on any atom is -0.469 e. The fraction of sp³-hybridized carbons (Fsp3) is 0.941. The predicted octanol–water partition coefficient (Wildman–Crippen LogP) is 3.74. The molecule has 0 radical (unpaired) electrons. The van der Waals surface area contributed by atoms with Crippen LogP contribution in [0.1, 0.15) is 53.9 Å². The number of ether oxygens (including phenoxy) is 1. The van der Waals surface area contributed by atoms with E-state index in [0.717, 1.165) is 6.42 Å². The second-order valence-corrected chi connectivity index (χ2v) is 13.6. The van der Waals surface area contributed by atoms with Crippen LogP contribution in [-0.4, -0.2) is 39.2 Å². The van der Waals surface area contributed by atoms with Gasteiger partial charge in [0.25, 0.3) is 0 Å². The second-order valence-electron chi connectivity index (χ2n) is 8.83. The maximum absolute atomic E-state index is 11.8. The highest BCUT2D eigenvalue weighted by atomic mass is 28.4. The molecule has 0 heterocycles. The zero-order chi connectivity index (χ0) is 17.4. The summed E-state index contributed by atoms with van der Waals surface area (Å²) in [5, 5.41) is 10.7. The number of hydrogen-bond acceptors (Lipinski definition) is 4. The van der Waals surface area contributed by atoms with Gasteiger partial charge >= 0.3 is 5.97 Å². The molecule has 5 heteroatoms. The molecule has 0 unspecified atom stereocenters. The number of hydrogen-bond donors (Lipinski definition) is 1. The number of aliphatic hydroxyl groups is 1. The van der Waals surface area contributed by atoms with E-state index < -0.39 is 19.8 Å². The number of methoxy groups -OCH3 is 1. The second kappa shape index (κ2) is 6.25. The molecule has 0 bridgehead atoms. The van der Waals surface area contributed by atoms with E-state index in [1.807, 2.05) is 0 Å². The standard InChI is InChI=1S/C17H34O4Si/c1-15(2,3)22(7,8)21-12-17(5)13(18)9-10-16(17,4)11-14(19)20-6/h13,18H,9-12H2,1-8H3/t13-,16+,17+/m0/s1. The first-order valence-corrected chi connectivity index (χ1v) is 11.1. The molecule has 1 rings (SSSR count). The molecular formula is C17H34O4Si. The molecule has 0 amide bonds. The van der Waals surface area contributed by atoms with Gasteiger partial charge in [0, 0.05) is 12.0 Å². The Hall–Kier alpha value is -0.393. The first-order valence-electron chi connectivity index (χ1n) is 8.18.